The fraction of sp³-hybridized carbons (Fsp3) is 0.467. The summed E-state index contributed by atoms with van der Waals surface area (Å²) in [6, 6.07) is 9.14. The Labute approximate surface area is 99.8 Å². The average Bonchev–Trinajstić information content (AvgIpc) is 2.29. The van der Waals surface area contributed by atoms with Gasteiger partial charge < -0.3 is 4.90 Å². The average molecular weight is 217 g/mol. The van der Waals surface area contributed by atoms with Gasteiger partial charge in [-0.2, -0.15) is 0 Å². The van der Waals surface area contributed by atoms with Crippen molar-refractivity contribution in [2.45, 2.75) is 32.7 Å². The van der Waals surface area contributed by atoms with Crippen molar-refractivity contribution in [2.75, 3.05) is 13.6 Å². The van der Waals surface area contributed by atoms with Crippen LogP contribution in [0.25, 0.3) is 6.08 Å². The number of rotatable bonds is 6. The zero-order valence-electron chi connectivity index (χ0n) is 10.7. The molecule has 1 aromatic carbocycles. The molecule has 1 nitrogen and oxygen atoms in total. The maximum atomic E-state index is 3.85. The fourth-order valence-electron chi connectivity index (χ4n) is 1.74. The predicted molar refractivity (Wildman–Crippen MR) is 72.6 cm³/mol. The first-order valence-electron chi connectivity index (χ1n) is 6.05. The Hall–Kier alpha value is -1.08. The first kappa shape index (κ1) is 13.0. The van der Waals surface area contributed by atoms with Crippen LogP contribution in [0.1, 0.15) is 31.4 Å². The minimum Gasteiger partial charge on any atom is -0.304 e. The highest BCUT2D eigenvalue weighted by molar-refractivity contribution is 5.51. The van der Waals surface area contributed by atoms with Crippen LogP contribution in [0.5, 0.6) is 0 Å². The first-order chi connectivity index (χ1) is 7.65. The summed E-state index contributed by atoms with van der Waals surface area (Å²) in [6.07, 6.45) is 4.29. The van der Waals surface area contributed by atoms with Gasteiger partial charge in [0.2, 0.25) is 0 Å². The van der Waals surface area contributed by atoms with Gasteiger partial charge in [-0.15, -0.1) is 0 Å². The highest BCUT2D eigenvalue weighted by Crippen LogP contribution is 2.12. The summed E-state index contributed by atoms with van der Waals surface area (Å²) < 4.78 is 0. The molecule has 0 saturated carbocycles. The highest BCUT2D eigenvalue weighted by atomic mass is 15.1. The predicted octanol–water partition coefficient (Wildman–Crippen LogP) is 3.60. The van der Waals surface area contributed by atoms with Gasteiger partial charge in [-0.3, -0.25) is 0 Å². The molecular weight excluding hydrogens is 194 g/mol. The molecule has 0 bridgehead atoms. The summed E-state index contributed by atoms with van der Waals surface area (Å²) >= 11 is 0. The lowest BCUT2D eigenvalue weighted by Gasteiger charge is -2.20. The summed E-state index contributed by atoms with van der Waals surface area (Å²) in [5, 5.41) is 0. The number of nitrogens with zero attached hydrogens (tertiary/aromatic N) is 1. The minimum atomic E-state index is 0.634. The molecule has 1 heteroatoms. The van der Waals surface area contributed by atoms with Crippen molar-refractivity contribution in [3.8, 4) is 0 Å². The van der Waals surface area contributed by atoms with E-state index in [0.717, 1.165) is 13.0 Å². The van der Waals surface area contributed by atoms with E-state index in [4.69, 9.17) is 0 Å². The van der Waals surface area contributed by atoms with E-state index in [2.05, 4.69) is 56.6 Å². The van der Waals surface area contributed by atoms with Crippen molar-refractivity contribution < 1.29 is 0 Å². The molecule has 0 aliphatic carbocycles. The summed E-state index contributed by atoms with van der Waals surface area (Å²) in [5.74, 6) is 0. The van der Waals surface area contributed by atoms with Gasteiger partial charge in [-0.1, -0.05) is 36.9 Å². The van der Waals surface area contributed by atoms with Gasteiger partial charge >= 0.3 is 0 Å². The molecular formula is C15H23N. The zero-order valence-corrected chi connectivity index (χ0v) is 10.7. The first-order valence-corrected chi connectivity index (χ1v) is 6.05. The third-order valence-electron chi connectivity index (χ3n) is 3.11. The highest BCUT2D eigenvalue weighted by Gasteiger charge is 2.03. The minimum absolute atomic E-state index is 0.634. The Bertz CT molecular complexity index is 328. The molecule has 0 atom stereocenters. The molecule has 0 saturated heterocycles. The molecule has 0 aromatic heterocycles. The smallest absolute Gasteiger partial charge is 0.00355 e. The Morgan fingerprint density at radius 1 is 1.31 bits per heavy atom. The standard InChI is InChI=1S/C15H23N/c1-5-14-9-6-7-10-15(14)11-8-12-16(4)13(2)3/h5-7,9-10,13H,1,8,11-12H2,2-4H3. The normalized spacial score (nSPS) is 11.1. The van der Waals surface area contributed by atoms with Gasteiger partial charge in [-0.25, -0.2) is 0 Å². The van der Waals surface area contributed by atoms with Gasteiger partial charge in [0.25, 0.3) is 0 Å². The van der Waals surface area contributed by atoms with Crippen LogP contribution in [0.4, 0.5) is 0 Å². The van der Waals surface area contributed by atoms with Crippen LogP contribution in [0.15, 0.2) is 30.8 Å². The molecule has 16 heavy (non-hydrogen) atoms. The maximum absolute atomic E-state index is 3.85. The molecule has 0 fully saturated rings. The van der Waals surface area contributed by atoms with E-state index in [9.17, 15) is 0 Å². The van der Waals surface area contributed by atoms with E-state index < -0.39 is 0 Å². The molecule has 0 unspecified atom stereocenters. The monoisotopic (exact) mass is 217 g/mol. The van der Waals surface area contributed by atoms with E-state index in [1.807, 2.05) is 6.08 Å². The fourth-order valence-corrected chi connectivity index (χ4v) is 1.74. The van der Waals surface area contributed by atoms with Crippen molar-refractivity contribution in [3.63, 3.8) is 0 Å². The van der Waals surface area contributed by atoms with Crippen LogP contribution in [0, 0.1) is 0 Å². The maximum Gasteiger partial charge on any atom is 0.00355 e. The Balaban J connectivity index is 2.45. The summed E-state index contributed by atoms with van der Waals surface area (Å²) in [4.78, 5) is 2.39. The van der Waals surface area contributed by atoms with Crippen molar-refractivity contribution >= 4 is 6.08 Å². The molecule has 0 aliphatic heterocycles. The lowest BCUT2D eigenvalue weighted by molar-refractivity contribution is 0.271. The third kappa shape index (κ3) is 3.82. The van der Waals surface area contributed by atoms with Gasteiger partial charge in [0.1, 0.15) is 0 Å². The second-order valence-corrected chi connectivity index (χ2v) is 4.58. The second-order valence-electron chi connectivity index (χ2n) is 4.58. The van der Waals surface area contributed by atoms with Gasteiger partial charge in [0.15, 0.2) is 0 Å². The number of benzene rings is 1. The van der Waals surface area contributed by atoms with Crippen LogP contribution >= 0.6 is 0 Å². The van der Waals surface area contributed by atoms with E-state index in [-0.39, 0.29) is 0 Å². The van der Waals surface area contributed by atoms with Gasteiger partial charge in [0.05, 0.1) is 0 Å². The SMILES string of the molecule is C=Cc1ccccc1CCCN(C)C(C)C. The van der Waals surface area contributed by atoms with E-state index in [1.165, 1.54) is 17.5 Å². The molecule has 88 valence electrons. The lowest BCUT2D eigenvalue weighted by Crippen LogP contribution is -2.27. The molecule has 0 amide bonds. The summed E-state index contributed by atoms with van der Waals surface area (Å²) in [6.45, 7) is 9.48. The third-order valence-corrected chi connectivity index (χ3v) is 3.11. The molecule has 0 aliphatic rings. The van der Waals surface area contributed by atoms with E-state index in [0.29, 0.717) is 6.04 Å². The Kier molecular flexibility index (Phi) is 5.27. The molecule has 1 rings (SSSR count). The topological polar surface area (TPSA) is 3.24 Å². The van der Waals surface area contributed by atoms with Crippen molar-refractivity contribution in [2.24, 2.45) is 0 Å². The molecule has 0 radical (unpaired) electrons. The second kappa shape index (κ2) is 6.49. The Morgan fingerprint density at radius 2 is 2.00 bits per heavy atom. The number of hydrogen-bond acceptors (Lipinski definition) is 1. The van der Waals surface area contributed by atoms with Crippen LogP contribution in [0.3, 0.4) is 0 Å². The van der Waals surface area contributed by atoms with E-state index in [1.54, 1.807) is 0 Å². The summed E-state index contributed by atoms with van der Waals surface area (Å²) in [7, 11) is 2.18. The molecule has 0 heterocycles. The number of hydrogen-bond donors (Lipinski definition) is 0. The Morgan fingerprint density at radius 3 is 2.62 bits per heavy atom. The molecule has 0 N–H and O–H groups in total. The van der Waals surface area contributed by atoms with Crippen LogP contribution in [-0.4, -0.2) is 24.5 Å². The molecule has 0 spiro atoms. The summed E-state index contributed by atoms with van der Waals surface area (Å²) in [5.41, 5.74) is 2.68. The molecule has 1 aromatic rings. The zero-order chi connectivity index (χ0) is 12.0. The number of aryl methyl sites for hydroxylation is 1. The largest absolute Gasteiger partial charge is 0.304 e. The van der Waals surface area contributed by atoms with Crippen molar-refractivity contribution in [1.29, 1.82) is 0 Å². The lowest BCUT2D eigenvalue weighted by atomic mass is 10.0. The van der Waals surface area contributed by atoms with Crippen LogP contribution in [-0.2, 0) is 6.42 Å². The van der Waals surface area contributed by atoms with Crippen molar-refractivity contribution in [1.82, 2.24) is 4.90 Å². The van der Waals surface area contributed by atoms with Gasteiger partial charge in [-0.05, 0) is 51.4 Å². The van der Waals surface area contributed by atoms with Crippen molar-refractivity contribution in [3.05, 3.63) is 42.0 Å². The van der Waals surface area contributed by atoms with Gasteiger partial charge in [0, 0.05) is 6.04 Å². The van der Waals surface area contributed by atoms with Crippen LogP contribution < -0.4 is 0 Å². The quantitative estimate of drug-likeness (QED) is 0.703. The van der Waals surface area contributed by atoms with Crippen LogP contribution in [0.2, 0.25) is 0 Å². The van der Waals surface area contributed by atoms with E-state index >= 15 is 0 Å².